The molecule has 3 aliphatic rings. The molecule has 2 amide bonds. The van der Waals surface area contributed by atoms with Crippen molar-refractivity contribution in [3.05, 3.63) is 24.0 Å². The molecule has 7 nitrogen and oxygen atoms in total. The lowest BCUT2D eigenvalue weighted by atomic mass is 10.2. The Hall–Kier alpha value is -2.42. The Balaban J connectivity index is 1.33. The molecule has 1 saturated carbocycles. The van der Waals surface area contributed by atoms with E-state index in [4.69, 9.17) is 17.0 Å². The van der Waals surface area contributed by atoms with E-state index in [9.17, 15) is 14.0 Å². The number of hydrogen-bond donors (Lipinski definition) is 1. The Morgan fingerprint density at radius 3 is 2.63 bits per heavy atom. The van der Waals surface area contributed by atoms with Crippen LogP contribution in [0.25, 0.3) is 0 Å². The maximum absolute atomic E-state index is 14.8. The normalized spacial score (nSPS) is 21.6. The molecule has 2 aliphatic heterocycles. The van der Waals surface area contributed by atoms with Gasteiger partial charge in [0.15, 0.2) is 0 Å². The first kappa shape index (κ1) is 20.8. The number of cyclic esters (lactones) is 1. The van der Waals surface area contributed by atoms with Crippen molar-refractivity contribution in [2.75, 3.05) is 49.1 Å². The van der Waals surface area contributed by atoms with Crippen LogP contribution in [-0.4, -0.2) is 67.3 Å². The molecule has 1 N–H and O–H groups in total. The van der Waals surface area contributed by atoms with E-state index in [0.717, 1.165) is 11.4 Å². The van der Waals surface area contributed by atoms with Crippen molar-refractivity contribution < 1.29 is 18.7 Å². The van der Waals surface area contributed by atoms with Crippen LogP contribution in [0.1, 0.15) is 26.2 Å². The first-order valence-electron chi connectivity index (χ1n) is 10.5. The second kappa shape index (κ2) is 8.75. The lowest BCUT2D eigenvalue weighted by Crippen LogP contribution is -2.48. The van der Waals surface area contributed by atoms with Gasteiger partial charge in [-0.15, -0.1) is 0 Å². The van der Waals surface area contributed by atoms with Crippen molar-refractivity contribution in [2.45, 2.75) is 32.3 Å². The Morgan fingerprint density at radius 1 is 1.27 bits per heavy atom. The molecular weight excluding hydrogens is 407 g/mol. The monoisotopic (exact) mass is 434 g/mol. The smallest absolute Gasteiger partial charge is 0.414 e. The zero-order valence-corrected chi connectivity index (χ0v) is 17.9. The van der Waals surface area contributed by atoms with Crippen LogP contribution in [0.3, 0.4) is 0 Å². The third kappa shape index (κ3) is 4.83. The number of carbonyl (C=O) groups excluding carboxylic acids is 2. The van der Waals surface area contributed by atoms with Crippen LogP contribution in [0.4, 0.5) is 20.6 Å². The average molecular weight is 435 g/mol. The number of halogens is 1. The SMILES string of the molecule is CC(=O)N1CCN(c2ccc(N3CC(CNC(=S)CC4CC4)OC3=O)cc2F)CC1. The molecule has 30 heavy (non-hydrogen) atoms. The summed E-state index contributed by atoms with van der Waals surface area (Å²) in [6, 6.07) is 4.81. The van der Waals surface area contributed by atoms with Gasteiger partial charge >= 0.3 is 6.09 Å². The second-order valence-electron chi connectivity index (χ2n) is 8.20. The van der Waals surface area contributed by atoms with Gasteiger partial charge in [-0.1, -0.05) is 12.2 Å². The largest absolute Gasteiger partial charge is 0.442 e. The number of nitrogens with one attached hydrogen (secondary N) is 1. The quantitative estimate of drug-likeness (QED) is 0.695. The highest BCUT2D eigenvalue weighted by Gasteiger charge is 2.33. The van der Waals surface area contributed by atoms with Gasteiger partial charge in [0.05, 0.1) is 29.5 Å². The summed E-state index contributed by atoms with van der Waals surface area (Å²) in [5.41, 5.74) is 0.963. The van der Waals surface area contributed by atoms with E-state index in [0.29, 0.717) is 56.6 Å². The van der Waals surface area contributed by atoms with Gasteiger partial charge < -0.3 is 19.9 Å². The van der Waals surface area contributed by atoms with Crippen molar-refractivity contribution in [3.63, 3.8) is 0 Å². The summed E-state index contributed by atoms with van der Waals surface area (Å²) in [5.74, 6) is 0.360. The molecule has 0 spiro atoms. The fourth-order valence-electron chi connectivity index (χ4n) is 3.91. The van der Waals surface area contributed by atoms with Crippen molar-refractivity contribution in [3.8, 4) is 0 Å². The summed E-state index contributed by atoms with van der Waals surface area (Å²) < 4.78 is 20.2. The third-order valence-corrected chi connectivity index (χ3v) is 6.19. The molecule has 4 rings (SSSR count). The first-order chi connectivity index (χ1) is 14.4. The Morgan fingerprint density at radius 2 is 2.00 bits per heavy atom. The first-order valence-corrected chi connectivity index (χ1v) is 10.9. The Labute approximate surface area is 181 Å². The molecule has 2 saturated heterocycles. The number of piperazine rings is 1. The molecule has 1 aromatic carbocycles. The van der Waals surface area contributed by atoms with E-state index in [1.165, 1.54) is 23.8 Å². The van der Waals surface area contributed by atoms with E-state index >= 15 is 0 Å². The Bertz CT molecular complexity index is 840. The minimum atomic E-state index is -0.475. The number of rotatable bonds is 6. The zero-order chi connectivity index (χ0) is 21.3. The summed E-state index contributed by atoms with van der Waals surface area (Å²) in [5, 5.41) is 3.18. The second-order valence-corrected chi connectivity index (χ2v) is 8.69. The number of hydrogen-bond acceptors (Lipinski definition) is 5. The van der Waals surface area contributed by atoms with Gasteiger partial charge in [-0.25, -0.2) is 9.18 Å². The highest BCUT2D eigenvalue weighted by molar-refractivity contribution is 7.80. The fraction of sp³-hybridized carbons (Fsp3) is 0.571. The van der Waals surface area contributed by atoms with E-state index in [-0.39, 0.29) is 17.8 Å². The number of amides is 2. The summed E-state index contributed by atoms with van der Waals surface area (Å²) >= 11 is 5.33. The number of benzene rings is 1. The molecule has 2 heterocycles. The maximum atomic E-state index is 14.8. The number of nitrogens with zero attached hydrogens (tertiary/aromatic N) is 3. The molecule has 0 aromatic heterocycles. The molecule has 1 aromatic rings. The molecule has 0 radical (unpaired) electrons. The minimum Gasteiger partial charge on any atom is -0.442 e. The van der Waals surface area contributed by atoms with Crippen molar-refractivity contribution in [2.24, 2.45) is 5.92 Å². The van der Waals surface area contributed by atoms with Crippen molar-refractivity contribution >= 4 is 40.6 Å². The number of carbonyl (C=O) groups is 2. The predicted molar refractivity (Wildman–Crippen MR) is 116 cm³/mol. The van der Waals surface area contributed by atoms with Crippen LogP contribution in [0, 0.1) is 11.7 Å². The van der Waals surface area contributed by atoms with Gasteiger partial charge in [-0.05, 0) is 37.0 Å². The van der Waals surface area contributed by atoms with Crippen LogP contribution >= 0.6 is 12.2 Å². The van der Waals surface area contributed by atoms with Gasteiger partial charge in [0.1, 0.15) is 11.9 Å². The zero-order valence-electron chi connectivity index (χ0n) is 17.1. The predicted octanol–water partition coefficient (Wildman–Crippen LogP) is 2.54. The van der Waals surface area contributed by atoms with E-state index in [2.05, 4.69) is 5.32 Å². The number of ether oxygens (including phenoxy) is 1. The molecular formula is C21H27FN4O3S. The molecule has 1 unspecified atom stereocenters. The van der Waals surface area contributed by atoms with Crippen LogP contribution in [0.15, 0.2) is 18.2 Å². The van der Waals surface area contributed by atoms with Crippen LogP contribution in [0.5, 0.6) is 0 Å². The number of thiocarbonyl (C=S) groups is 1. The maximum Gasteiger partial charge on any atom is 0.414 e. The van der Waals surface area contributed by atoms with Crippen LogP contribution in [-0.2, 0) is 9.53 Å². The summed E-state index contributed by atoms with van der Waals surface area (Å²) in [6.45, 7) is 4.68. The molecule has 162 valence electrons. The minimum absolute atomic E-state index is 0.0374. The average Bonchev–Trinajstić information content (AvgIpc) is 3.45. The van der Waals surface area contributed by atoms with E-state index in [1.807, 2.05) is 4.90 Å². The lowest BCUT2D eigenvalue weighted by Gasteiger charge is -2.35. The topological polar surface area (TPSA) is 65.1 Å². The summed E-state index contributed by atoms with van der Waals surface area (Å²) in [4.78, 5) is 29.7. The summed E-state index contributed by atoms with van der Waals surface area (Å²) in [6.07, 6.45) is 2.58. The fourth-order valence-corrected chi connectivity index (χ4v) is 4.22. The number of anilines is 2. The van der Waals surface area contributed by atoms with Gasteiger partial charge in [-0.3, -0.25) is 9.69 Å². The molecule has 0 bridgehead atoms. The van der Waals surface area contributed by atoms with Gasteiger partial charge in [0, 0.05) is 39.5 Å². The van der Waals surface area contributed by atoms with Crippen molar-refractivity contribution in [1.82, 2.24) is 10.2 Å². The van der Waals surface area contributed by atoms with Crippen molar-refractivity contribution in [1.29, 1.82) is 0 Å². The highest BCUT2D eigenvalue weighted by Crippen LogP contribution is 2.32. The molecule has 1 aliphatic carbocycles. The van der Waals surface area contributed by atoms with Gasteiger partial charge in [0.25, 0.3) is 0 Å². The third-order valence-electron chi connectivity index (χ3n) is 5.88. The molecule has 1 atom stereocenters. The van der Waals surface area contributed by atoms with E-state index in [1.54, 1.807) is 24.0 Å². The molecule has 9 heteroatoms. The molecule has 3 fully saturated rings. The van der Waals surface area contributed by atoms with Crippen LogP contribution in [0.2, 0.25) is 0 Å². The van der Waals surface area contributed by atoms with Crippen LogP contribution < -0.4 is 15.1 Å². The highest BCUT2D eigenvalue weighted by atomic mass is 32.1. The standard InChI is InChI=1S/C21H27FN4O3S/c1-14(27)24-6-8-25(9-7-24)19-5-4-16(11-18(19)22)26-13-17(29-21(26)28)12-23-20(30)10-15-2-3-15/h4-5,11,15,17H,2-3,6-10,12-13H2,1H3,(H,23,30). The summed E-state index contributed by atoms with van der Waals surface area (Å²) in [7, 11) is 0. The Kier molecular flexibility index (Phi) is 6.08. The van der Waals surface area contributed by atoms with E-state index < -0.39 is 6.09 Å². The van der Waals surface area contributed by atoms with Gasteiger partial charge in [-0.2, -0.15) is 0 Å². The lowest BCUT2D eigenvalue weighted by molar-refractivity contribution is -0.129. The van der Waals surface area contributed by atoms with Gasteiger partial charge in [0.2, 0.25) is 5.91 Å².